The minimum atomic E-state index is -1.00. The monoisotopic (exact) mass is 1190 g/mol. The van der Waals surface area contributed by atoms with Gasteiger partial charge in [0.1, 0.15) is 34.8 Å². The summed E-state index contributed by atoms with van der Waals surface area (Å²) in [5.74, 6) is 0.619. The largest absolute Gasteiger partial charge is 0.478 e. The third-order valence-electron chi connectivity index (χ3n) is 23.5. The van der Waals surface area contributed by atoms with E-state index in [1.165, 1.54) is 69.2 Å². The van der Waals surface area contributed by atoms with Gasteiger partial charge in [-0.3, -0.25) is 28.8 Å². The van der Waals surface area contributed by atoms with Crippen LogP contribution in [0.15, 0.2) is 24.3 Å². The van der Waals surface area contributed by atoms with Crippen molar-refractivity contribution in [2.24, 2.45) is 80.3 Å². The van der Waals surface area contributed by atoms with Gasteiger partial charge in [0, 0.05) is 23.7 Å². The van der Waals surface area contributed by atoms with Crippen molar-refractivity contribution in [2.45, 2.75) is 280 Å². The Morgan fingerprint density at radius 3 is 1.55 bits per heavy atom. The molecule has 8 atom stereocenters. The lowest BCUT2D eigenvalue weighted by Gasteiger charge is -2.61. The zero-order valence-electron chi connectivity index (χ0n) is 54.4. The van der Waals surface area contributed by atoms with E-state index >= 15 is 0 Å². The van der Waals surface area contributed by atoms with Gasteiger partial charge in [-0.1, -0.05) is 34.6 Å². The highest BCUT2D eigenvalue weighted by Gasteiger charge is 2.71. The summed E-state index contributed by atoms with van der Waals surface area (Å²) in [4.78, 5) is 85.7. The van der Waals surface area contributed by atoms with Gasteiger partial charge in [-0.15, -0.1) is 0 Å². The number of hydrogen-bond acceptors (Lipinski definition) is 14. The van der Waals surface area contributed by atoms with Crippen molar-refractivity contribution in [3.8, 4) is 5.75 Å². The highest BCUT2D eigenvalue weighted by molar-refractivity contribution is 5.88. The fraction of sp³-hybridized carbons (Fsp3) is 0.814. The van der Waals surface area contributed by atoms with E-state index in [9.17, 15) is 38.7 Å². The van der Waals surface area contributed by atoms with E-state index in [-0.39, 0.29) is 75.2 Å². The average molecular weight is 1190 g/mol. The molecule has 15 heteroatoms. The molecule has 1 aromatic carbocycles. The zero-order valence-corrected chi connectivity index (χ0v) is 54.4. The van der Waals surface area contributed by atoms with Crippen LogP contribution in [0, 0.1) is 80.3 Å². The fourth-order valence-corrected chi connectivity index (χ4v) is 17.0. The second kappa shape index (κ2) is 24.5. The number of carboxylic acid groups (broad SMARTS) is 1. The van der Waals surface area contributed by atoms with Gasteiger partial charge in [0.25, 0.3) is 0 Å². The molecule has 12 fully saturated rings. The third kappa shape index (κ3) is 13.7. The first-order chi connectivity index (χ1) is 39.5. The van der Waals surface area contributed by atoms with Crippen LogP contribution in [0.1, 0.15) is 255 Å². The summed E-state index contributed by atoms with van der Waals surface area (Å²) >= 11 is 0. The average Bonchev–Trinajstić information content (AvgIpc) is 1.75. The lowest BCUT2D eigenvalue weighted by molar-refractivity contribution is -0.225. The molecule has 0 amide bonds. The summed E-state index contributed by atoms with van der Waals surface area (Å²) in [5, 5.41) is 19.4. The maximum absolute atomic E-state index is 13.2. The first kappa shape index (κ1) is 66.4. The molecule has 2 N–H and O–H groups in total. The van der Waals surface area contributed by atoms with Crippen molar-refractivity contribution in [1.29, 1.82) is 0 Å². The highest BCUT2D eigenvalue weighted by Crippen LogP contribution is 2.65. The van der Waals surface area contributed by atoms with Crippen molar-refractivity contribution in [3.05, 3.63) is 29.8 Å². The SMILES string of the molecule is CCC(C)(C)C(=O)OC(C)(C)C12CC3CC(CC(C3)C1)C2.CCC(C)(C)C(=O)OC12CC3CC(CC(O)(C3)C1)C2.CCC(C)(C)C(=O)Oc1ccc(C(=O)O)cc1.CCC1(OC(=O)C2C3CC4C(OC(=O)C42)C3OC(=O)C(C)(C)CC)CCCC1. The lowest BCUT2D eigenvalue weighted by atomic mass is 9.46. The zero-order chi connectivity index (χ0) is 62.7. The van der Waals surface area contributed by atoms with E-state index < -0.39 is 57.5 Å². The van der Waals surface area contributed by atoms with Crippen LogP contribution in [0.2, 0.25) is 0 Å². The van der Waals surface area contributed by atoms with Gasteiger partial charge < -0.3 is 38.6 Å². The fourth-order valence-electron chi connectivity index (χ4n) is 17.0. The topological polar surface area (TPSA) is 215 Å². The molecule has 13 rings (SSSR count). The Morgan fingerprint density at radius 1 is 0.588 bits per heavy atom. The Balaban J connectivity index is 0.000000150. The Hall–Kier alpha value is -4.53. The van der Waals surface area contributed by atoms with Gasteiger partial charge in [-0.2, -0.15) is 0 Å². The summed E-state index contributed by atoms with van der Waals surface area (Å²) in [6.07, 6.45) is 21.2. The van der Waals surface area contributed by atoms with E-state index in [1.807, 2.05) is 62.3 Å². The second-order valence-corrected chi connectivity index (χ2v) is 31.6. The van der Waals surface area contributed by atoms with Crippen molar-refractivity contribution in [3.63, 3.8) is 0 Å². The molecular weight excluding hydrogens is 1080 g/mol. The maximum atomic E-state index is 13.2. The summed E-state index contributed by atoms with van der Waals surface area (Å²) < 4.78 is 34.8. The molecule has 10 bridgehead atoms. The normalized spacial score (nSPS) is 34.1. The number of hydrogen-bond donors (Lipinski definition) is 2. The number of aromatic carboxylic acids is 1. The summed E-state index contributed by atoms with van der Waals surface area (Å²) in [5.41, 5.74) is -3.11. The van der Waals surface area contributed by atoms with Gasteiger partial charge in [0.15, 0.2) is 0 Å². The molecule has 85 heavy (non-hydrogen) atoms. The van der Waals surface area contributed by atoms with Crippen LogP contribution in [0.3, 0.4) is 0 Å². The summed E-state index contributed by atoms with van der Waals surface area (Å²) in [6, 6.07) is 5.77. The molecule has 0 spiro atoms. The molecule has 8 unspecified atom stereocenters. The second-order valence-electron chi connectivity index (χ2n) is 31.6. The van der Waals surface area contributed by atoms with Crippen LogP contribution in [0.4, 0.5) is 0 Å². The molecule has 12 aliphatic rings. The maximum Gasteiger partial charge on any atom is 0.335 e. The van der Waals surface area contributed by atoms with Gasteiger partial charge >= 0.3 is 41.8 Å². The molecule has 1 heterocycles. The molecule has 11 saturated carbocycles. The number of benzene rings is 1. The van der Waals surface area contributed by atoms with Crippen molar-refractivity contribution in [2.75, 3.05) is 0 Å². The third-order valence-corrected chi connectivity index (χ3v) is 23.5. The number of carboxylic acids is 1. The van der Waals surface area contributed by atoms with Crippen molar-refractivity contribution in [1.82, 2.24) is 0 Å². The van der Waals surface area contributed by atoms with E-state index in [1.54, 1.807) is 13.8 Å². The van der Waals surface area contributed by atoms with Crippen LogP contribution in [0.5, 0.6) is 5.75 Å². The predicted molar refractivity (Wildman–Crippen MR) is 320 cm³/mol. The number of esters is 6. The first-order valence-electron chi connectivity index (χ1n) is 32.9. The smallest absolute Gasteiger partial charge is 0.335 e. The minimum Gasteiger partial charge on any atom is -0.478 e. The summed E-state index contributed by atoms with van der Waals surface area (Å²) in [7, 11) is 0. The van der Waals surface area contributed by atoms with E-state index in [2.05, 4.69) is 27.7 Å². The predicted octanol–water partition coefficient (Wildman–Crippen LogP) is 14.1. The van der Waals surface area contributed by atoms with E-state index in [4.69, 9.17) is 33.5 Å². The summed E-state index contributed by atoms with van der Waals surface area (Å²) in [6.45, 7) is 29.6. The van der Waals surface area contributed by atoms with Gasteiger partial charge in [0.2, 0.25) is 0 Å². The van der Waals surface area contributed by atoms with Crippen LogP contribution in [0.25, 0.3) is 0 Å². The van der Waals surface area contributed by atoms with E-state index in [0.717, 1.165) is 88.4 Å². The van der Waals surface area contributed by atoms with E-state index in [0.29, 0.717) is 43.3 Å². The Morgan fingerprint density at radius 2 is 1.07 bits per heavy atom. The molecule has 476 valence electrons. The van der Waals surface area contributed by atoms with Gasteiger partial charge in [0.05, 0.1) is 44.7 Å². The van der Waals surface area contributed by atoms with Crippen LogP contribution >= 0.6 is 0 Å². The molecule has 1 saturated heterocycles. The highest BCUT2D eigenvalue weighted by atomic mass is 16.6. The Labute approximate surface area is 507 Å². The Bertz CT molecular complexity index is 2590. The number of fused-ring (bicyclic) bond motifs is 1. The van der Waals surface area contributed by atoms with Gasteiger partial charge in [-0.25, -0.2) is 4.79 Å². The van der Waals surface area contributed by atoms with Gasteiger partial charge in [-0.05, 0) is 258 Å². The minimum absolute atomic E-state index is 0.00857. The van der Waals surface area contributed by atoms with Crippen molar-refractivity contribution >= 4 is 41.8 Å². The molecule has 0 radical (unpaired) electrons. The van der Waals surface area contributed by atoms with Crippen LogP contribution in [-0.4, -0.2) is 86.6 Å². The number of carbonyl (C=O) groups is 7. The Kier molecular flexibility index (Phi) is 19.1. The number of carbonyl (C=O) groups excluding carboxylic acids is 6. The van der Waals surface area contributed by atoms with Crippen LogP contribution < -0.4 is 4.74 Å². The molecule has 1 aliphatic heterocycles. The first-order valence-corrected chi connectivity index (χ1v) is 32.9. The molecule has 11 aliphatic carbocycles. The molecule has 0 aromatic heterocycles. The number of aliphatic hydroxyl groups is 1. The standard InChI is InChI=1S/C22H32O6.C19H32O2.C16H26O3.C13H16O4/c1-5-21(3,4)20(25)27-17-13-11-12-14(18(23)26-16(12)17)15(13)19(24)28-22(6-2)9-7-8-10-22;1-6-17(2,3)16(20)21-18(4,5)19-10-13-7-14(11-19)9-15(8-13)12-19;1-4-14(2,3)13(17)19-16-8-11-5-12(9-16)7-15(18,6-11)10-16;1-4-13(2,3)12(16)17-10-7-5-9(6-8-10)11(14)15/h12-17H,5-11H2,1-4H3;13-15H,6-12H2,1-5H3;11-12,18H,4-10H2,1-3H3;5-8H,4H2,1-3H3,(H,14,15). The quantitative estimate of drug-likeness (QED) is 0.0843. The lowest BCUT2D eigenvalue weighted by Crippen LogP contribution is -2.61. The van der Waals surface area contributed by atoms with Crippen molar-refractivity contribution < 1.29 is 72.2 Å². The molecule has 15 nitrogen and oxygen atoms in total. The molecular formula is C70H106O15. The molecule has 1 aromatic rings. The number of ether oxygens (including phenoxy) is 6. The number of rotatable bonds is 17. The van der Waals surface area contributed by atoms with Crippen LogP contribution in [-0.2, 0) is 52.5 Å².